The molecule has 0 atom stereocenters. The topological polar surface area (TPSA) is 102 Å². The van der Waals surface area contributed by atoms with Crippen LogP contribution in [0.1, 0.15) is 26.5 Å². The molecular formula is C18H17ClN6O2. The maximum Gasteiger partial charge on any atom is 0.273 e. The smallest absolute Gasteiger partial charge is 0.273 e. The first kappa shape index (κ1) is 18.5. The van der Waals surface area contributed by atoms with Gasteiger partial charge in [0.15, 0.2) is 5.69 Å². The first-order valence-electron chi connectivity index (χ1n) is 8.24. The molecule has 0 aliphatic carbocycles. The van der Waals surface area contributed by atoms with Crippen molar-refractivity contribution in [2.45, 2.75) is 13.1 Å². The fourth-order valence-electron chi connectivity index (χ4n) is 2.29. The van der Waals surface area contributed by atoms with Gasteiger partial charge in [0.25, 0.3) is 11.8 Å². The van der Waals surface area contributed by atoms with Gasteiger partial charge in [-0.15, -0.1) is 5.10 Å². The molecule has 1 aromatic carbocycles. The molecule has 0 aliphatic rings. The van der Waals surface area contributed by atoms with Gasteiger partial charge in [0.2, 0.25) is 0 Å². The van der Waals surface area contributed by atoms with Crippen LogP contribution in [0.15, 0.2) is 54.9 Å². The van der Waals surface area contributed by atoms with Crippen molar-refractivity contribution in [1.29, 1.82) is 0 Å². The average Bonchev–Trinajstić information content (AvgIpc) is 3.16. The van der Waals surface area contributed by atoms with Gasteiger partial charge in [-0.25, -0.2) is 4.68 Å². The van der Waals surface area contributed by atoms with E-state index >= 15 is 0 Å². The van der Waals surface area contributed by atoms with Crippen molar-refractivity contribution in [2.75, 3.05) is 6.54 Å². The van der Waals surface area contributed by atoms with Gasteiger partial charge < -0.3 is 10.6 Å². The van der Waals surface area contributed by atoms with Crippen LogP contribution in [-0.4, -0.2) is 38.3 Å². The Balaban J connectivity index is 1.46. The van der Waals surface area contributed by atoms with Crippen molar-refractivity contribution in [3.63, 3.8) is 0 Å². The summed E-state index contributed by atoms with van der Waals surface area (Å²) in [6, 6.07) is 12.2. The lowest BCUT2D eigenvalue weighted by Gasteiger charge is -2.05. The minimum Gasteiger partial charge on any atom is -0.350 e. The molecular weight excluding hydrogens is 368 g/mol. The largest absolute Gasteiger partial charge is 0.350 e. The van der Waals surface area contributed by atoms with Crippen LogP contribution in [0.2, 0.25) is 5.02 Å². The van der Waals surface area contributed by atoms with Gasteiger partial charge in [0.05, 0.1) is 25.0 Å². The SMILES string of the molecule is O=C(NCCn1cc(C(=O)NCc2ccccn2)nn1)c1cccc(Cl)c1. The van der Waals surface area contributed by atoms with E-state index in [0.717, 1.165) is 5.69 Å². The van der Waals surface area contributed by atoms with E-state index in [2.05, 4.69) is 25.9 Å². The van der Waals surface area contributed by atoms with E-state index in [1.807, 2.05) is 18.2 Å². The van der Waals surface area contributed by atoms with E-state index in [4.69, 9.17) is 11.6 Å². The Morgan fingerprint density at radius 1 is 1.07 bits per heavy atom. The number of nitrogens with zero attached hydrogens (tertiary/aromatic N) is 4. The minimum absolute atomic E-state index is 0.201. The highest BCUT2D eigenvalue weighted by Crippen LogP contribution is 2.10. The van der Waals surface area contributed by atoms with E-state index in [-0.39, 0.29) is 17.5 Å². The second-order valence-electron chi connectivity index (χ2n) is 5.64. The molecule has 3 aromatic rings. The molecule has 9 heteroatoms. The van der Waals surface area contributed by atoms with Crippen LogP contribution >= 0.6 is 11.6 Å². The Kier molecular flexibility index (Phi) is 6.11. The third-order valence-electron chi connectivity index (χ3n) is 3.64. The average molecular weight is 385 g/mol. The number of halogens is 1. The van der Waals surface area contributed by atoms with Gasteiger partial charge in [-0.1, -0.05) is 28.9 Å². The van der Waals surface area contributed by atoms with Crippen molar-refractivity contribution in [3.05, 3.63) is 76.8 Å². The zero-order chi connectivity index (χ0) is 19.1. The molecule has 0 aliphatic heterocycles. The number of hydrogen-bond acceptors (Lipinski definition) is 5. The maximum absolute atomic E-state index is 12.1. The highest BCUT2D eigenvalue weighted by Gasteiger charge is 2.11. The van der Waals surface area contributed by atoms with E-state index < -0.39 is 0 Å². The van der Waals surface area contributed by atoms with E-state index in [1.54, 1.807) is 30.5 Å². The van der Waals surface area contributed by atoms with Gasteiger partial charge in [-0.2, -0.15) is 0 Å². The van der Waals surface area contributed by atoms with Crippen LogP contribution in [0.3, 0.4) is 0 Å². The number of nitrogens with one attached hydrogen (secondary N) is 2. The maximum atomic E-state index is 12.1. The summed E-state index contributed by atoms with van der Waals surface area (Å²) in [5, 5.41) is 13.7. The molecule has 0 fully saturated rings. The predicted molar refractivity (Wildman–Crippen MR) is 99.2 cm³/mol. The molecule has 138 valence electrons. The standard InChI is InChI=1S/C18H17ClN6O2/c19-14-5-3-4-13(10-14)17(26)21-8-9-25-12-16(23-24-25)18(27)22-11-15-6-1-2-7-20-15/h1-7,10,12H,8-9,11H2,(H,21,26)(H,22,27). The van der Waals surface area contributed by atoms with Crippen LogP contribution < -0.4 is 10.6 Å². The Morgan fingerprint density at radius 2 is 1.96 bits per heavy atom. The summed E-state index contributed by atoms with van der Waals surface area (Å²) in [7, 11) is 0. The van der Waals surface area contributed by atoms with E-state index in [9.17, 15) is 9.59 Å². The predicted octanol–water partition coefficient (Wildman–Crippen LogP) is 1.69. The number of rotatable bonds is 7. The summed E-state index contributed by atoms with van der Waals surface area (Å²) in [4.78, 5) is 28.3. The third-order valence-corrected chi connectivity index (χ3v) is 3.88. The number of carbonyl (C=O) groups is 2. The van der Waals surface area contributed by atoms with Crippen molar-refractivity contribution in [3.8, 4) is 0 Å². The molecule has 0 unspecified atom stereocenters. The molecule has 2 aromatic heterocycles. The van der Waals surface area contributed by atoms with Crippen molar-refractivity contribution in [2.24, 2.45) is 0 Å². The summed E-state index contributed by atoms with van der Waals surface area (Å²) in [5.41, 5.74) is 1.43. The molecule has 2 N–H and O–H groups in total. The van der Waals surface area contributed by atoms with Crippen LogP contribution in [0.5, 0.6) is 0 Å². The van der Waals surface area contributed by atoms with Crippen molar-refractivity contribution >= 4 is 23.4 Å². The van der Waals surface area contributed by atoms with Crippen molar-refractivity contribution < 1.29 is 9.59 Å². The second-order valence-corrected chi connectivity index (χ2v) is 6.07. The number of pyridine rings is 1. The lowest BCUT2D eigenvalue weighted by atomic mass is 10.2. The first-order chi connectivity index (χ1) is 13.1. The monoisotopic (exact) mass is 384 g/mol. The summed E-state index contributed by atoms with van der Waals surface area (Å²) in [6.45, 7) is 1.03. The van der Waals surface area contributed by atoms with Gasteiger partial charge in [-0.3, -0.25) is 14.6 Å². The molecule has 0 saturated carbocycles. The van der Waals surface area contributed by atoms with Gasteiger partial charge in [-0.05, 0) is 30.3 Å². The zero-order valence-electron chi connectivity index (χ0n) is 14.3. The molecule has 2 heterocycles. The summed E-state index contributed by atoms with van der Waals surface area (Å²) in [6.07, 6.45) is 3.19. The molecule has 0 bridgehead atoms. The third kappa shape index (κ3) is 5.35. The van der Waals surface area contributed by atoms with E-state index in [1.165, 1.54) is 10.9 Å². The molecule has 27 heavy (non-hydrogen) atoms. The number of aromatic nitrogens is 4. The van der Waals surface area contributed by atoms with Crippen LogP contribution in [-0.2, 0) is 13.1 Å². The Bertz CT molecular complexity index is 928. The quantitative estimate of drug-likeness (QED) is 0.645. The minimum atomic E-state index is -0.338. The molecule has 3 rings (SSSR count). The lowest BCUT2D eigenvalue weighted by molar-refractivity contribution is 0.0939. The molecule has 0 radical (unpaired) electrons. The summed E-state index contributed by atoms with van der Waals surface area (Å²) >= 11 is 5.87. The highest BCUT2D eigenvalue weighted by molar-refractivity contribution is 6.30. The van der Waals surface area contributed by atoms with Crippen LogP contribution in [0.25, 0.3) is 0 Å². The van der Waals surface area contributed by atoms with Crippen molar-refractivity contribution in [1.82, 2.24) is 30.6 Å². The second kappa shape index (κ2) is 8.91. The number of amides is 2. The fraction of sp³-hybridized carbons (Fsp3) is 0.167. The molecule has 0 spiro atoms. The number of carbonyl (C=O) groups excluding carboxylic acids is 2. The normalized spacial score (nSPS) is 10.4. The van der Waals surface area contributed by atoms with Crippen LogP contribution in [0, 0.1) is 0 Å². The van der Waals surface area contributed by atoms with Gasteiger partial charge in [0.1, 0.15) is 0 Å². The number of benzene rings is 1. The van der Waals surface area contributed by atoms with Crippen LogP contribution in [0.4, 0.5) is 0 Å². The molecule has 8 nitrogen and oxygen atoms in total. The Hall–Kier alpha value is -3.26. The first-order valence-corrected chi connectivity index (χ1v) is 8.61. The molecule has 2 amide bonds. The summed E-state index contributed by atoms with van der Waals surface area (Å²) < 4.78 is 1.49. The Morgan fingerprint density at radius 3 is 2.74 bits per heavy atom. The van der Waals surface area contributed by atoms with E-state index in [0.29, 0.717) is 30.2 Å². The van der Waals surface area contributed by atoms with Gasteiger partial charge >= 0.3 is 0 Å². The fourth-order valence-corrected chi connectivity index (χ4v) is 2.48. The van der Waals surface area contributed by atoms with Gasteiger partial charge in [0, 0.05) is 23.3 Å². The summed E-state index contributed by atoms with van der Waals surface area (Å²) in [5.74, 6) is -0.569. The molecule has 0 saturated heterocycles. The zero-order valence-corrected chi connectivity index (χ0v) is 15.1. The Labute approximate surface area is 160 Å². The lowest BCUT2D eigenvalue weighted by Crippen LogP contribution is -2.27. The highest BCUT2D eigenvalue weighted by atomic mass is 35.5. The number of hydrogen-bond donors (Lipinski definition) is 2.